The van der Waals surface area contributed by atoms with E-state index in [9.17, 15) is 4.39 Å². The third kappa shape index (κ3) is 3.39. The molecule has 2 aromatic carbocycles. The molecule has 0 fully saturated rings. The SMILES string of the molecule is NC(=NO)c1cc(F)ccc1OCc1ccc(Cl)cc1. The van der Waals surface area contributed by atoms with Crippen LogP contribution in [0.3, 0.4) is 0 Å². The van der Waals surface area contributed by atoms with E-state index in [0.717, 1.165) is 11.6 Å². The predicted molar refractivity (Wildman–Crippen MR) is 74.7 cm³/mol. The second-order valence-corrected chi connectivity index (χ2v) is 4.48. The van der Waals surface area contributed by atoms with Gasteiger partial charge in [-0.25, -0.2) is 4.39 Å². The maximum atomic E-state index is 13.2. The zero-order valence-electron chi connectivity index (χ0n) is 10.4. The van der Waals surface area contributed by atoms with Crippen molar-refractivity contribution in [2.24, 2.45) is 10.9 Å². The van der Waals surface area contributed by atoms with Gasteiger partial charge in [0.25, 0.3) is 0 Å². The Hall–Kier alpha value is -2.27. The molecule has 0 atom stereocenters. The van der Waals surface area contributed by atoms with Gasteiger partial charge in [-0.15, -0.1) is 0 Å². The highest BCUT2D eigenvalue weighted by atomic mass is 35.5. The molecule has 0 aliphatic heterocycles. The van der Waals surface area contributed by atoms with Crippen LogP contribution in [0.5, 0.6) is 5.75 Å². The lowest BCUT2D eigenvalue weighted by atomic mass is 10.1. The number of rotatable bonds is 4. The van der Waals surface area contributed by atoms with Crippen LogP contribution in [0.25, 0.3) is 0 Å². The average molecular weight is 295 g/mol. The molecule has 4 nitrogen and oxygen atoms in total. The van der Waals surface area contributed by atoms with Gasteiger partial charge in [0, 0.05) is 5.02 Å². The normalized spacial score (nSPS) is 11.4. The van der Waals surface area contributed by atoms with Crippen LogP contribution in [-0.2, 0) is 6.61 Å². The summed E-state index contributed by atoms with van der Waals surface area (Å²) in [7, 11) is 0. The lowest BCUT2D eigenvalue weighted by Gasteiger charge is -2.11. The van der Waals surface area contributed by atoms with Gasteiger partial charge < -0.3 is 15.7 Å². The molecule has 0 spiro atoms. The number of nitrogens with two attached hydrogens (primary N) is 1. The topological polar surface area (TPSA) is 67.8 Å². The van der Waals surface area contributed by atoms with Gasteiger partial charge in [0.1, 0.15) is 18.2 Å². The molecule has 0 unspecified atom stereocenters. The zero-order chi connectivity index (χ0) is 14.5. The molecule has 0 heterocycles. The van der Waals surface area contributed by atoms with Crippen molar-refractivity contribution in [1.82, 2.24) is 0 Å². The number of nitrogens with zero attached hydrogens (tertiary/aromatic N) is 1. The van der Waals surface area contributed by atoms with E-state index >= 15 is 0 Å². The van der Waals surface area contributed by atoms with Crippen LogP contribution in [-0.4, -0.2) is 11.0 Å². The standard InChI is InChI=1S/C14H12ClFN2O2/c15-10-3-1-9(2-4-10)8-20-13-6-5-11(16)7-12(13)14(17)18-19/h1-7,19H,8H2,(H2,17,18). The second-order valence-electron chi connectivity index (χ2n) is 4.04. The molecular weight excluding hydrogens is 283 g/mol. The number of oxime groups is 1. The first-order chi connectivity index (χ1) is 9.60. The summed E-state index contributed by atoms with van der Waals surface area (Å²) < 4.78 is 18.7. The fraction of sp³-hybridized carbons (Fsp3) is 0.0714. The third-order valence-corrected chi connectivity index (χ3v) is 2.88. The predicted octanol–water partition coefficient (Wildman–Crippen LogP) is 3.15. The van der Waals surface area contributed by atoms with Crippen molar-refractivity contribution in [2.45, 2.75) is 6.61 Å². The molecule has 0 aliphatic rings. The van der Waals surface area contributed by atoms with Gasteiger partial charge in [-0.05, 0) is 35.9 Å². The minimum Gasteiger partial charge on any atom is -0.488 e. The highest BCUT2D eigenvalue weighted by molar-refractivity contribution is 6.30. The first-order valence-electron chi connectivity index (χ1n) is 5.75. The largest absolute Gasteiger partial charge is 0.488 e. The molecule has 0 radical (unpaired) electrons. The van der Waals surface area contributed by atoms with Gasteiger partial charge >= 0.3 is 0 Å². The Morgan fingerprint density at radius 3 is 2.60 bits per heavy atom. The summed E-state index contributed by atoms with van der Waals surface area (Å²) in [6, 6.07) is 10.9. The number of hydrogen-bond acceptors (Lipinski definition) is 3. The average Bonchev–Trinajstić information content (AvgIpc) is 2.46. The second kappa shape index (κ2) is 6.25. The number of ether oxygens (including phenoxy) is 1. The monoisotopic (exact) mass is 294 g/mol. The molecule has 0 saturated carbocycles. The summed E-state index contributed by atoms with van der Waals surface area (Å²) >= 11 is 5.79. The van der Waals surface area contributed by atoms with Crippen LogP contribution < -0.4 is 10.5 Å². The molecule has 20 heavy (non-hydrogen) atoms. The molecule has 0 bridgehead atoms. The van der Waals surface area contributed by atoms with Crippen LogP contribution in [0.15, 0.2) is 47.6 Å². The van der Waals surface area contributed by atoms with Crippen LogP contribution in [0.1, 0.15) is 11.1 Å². The molecule has 3 N–H and O–H groups in total. The molecule has 2 rings (SSSR count). The minimum absolute atomic E-state index is 0.196. The van der Waals surface area contributed by atoms with Crippen molar-refractivity contribution >= 4 is 17.4 Å². The third-order valence-electron chi connectivity index (χ3n) is 2.63. The maximum absolute atomic E-state index is 13.2. The lowest BCUT2D eigenvalue weighted by molar-refractivity contribution is 0.302. The van der Waals surface area contributed by atoms with E-state index < -0.39 is 5.82 Å². The van der Waals surface area contributed by atoms with Gasteiger partial charge in [-0.3, -0.25) is 0 Å². The van der Waals surface area contributed by atoms with Crippen molar-refractivity contribution in [2.75, 3.05) is 0 Å². The Labute approximate surface area is 120 Å². The van der Waals surface area contributed by atoms with E-state index in [-0.39, 0.29) is 18.0 Å². The first-order valence-corrected chi connectivity index (χ1v) is 6.12. The number of halogens is 2. The van der Waals surface area contributed by atoms with Gasteiger partial charge in [0.05, 0.1) is 5.56 Å². The zero-order valence-corrected chi connectivity index (χ0v) is 11.1. The Balaban J connectivity index is 2.19. The molecule has 104 valence electrons. The smallest absolute Gasteiger partial charge is 0.173 e. The molecule has 0 aliphatic carbocycles. The molecular formula is C14H12ClFN2O2. The van der Waals surface area contributed by atoms with Crippen LogP contribution in [0, 0.1) is 5.82 Å². The van der Waals surface area contributed by atoms with Crippen molar-refractivity contribution in [3.8, 4) is 5.75 Å². The van der Waals surface area contributed by atoms with Crippen LogP contribution in [0.4, 0.5) is 4.39 Å². The lowest BCUT2D eigenvalue weighted by Crippen LogP contribution is -2.15. The van der Waals surface area contributed by atoms with E-state index in [0.29, 0.717) is 10.8 Å². The fourth-order valence-corrected chi connectivity index (χ4v) is 1.75. The first kappa shape index (κ1) is 14.1. The van der Waals surface area contributed by atoms with Gasteiger partial charge in [0.2, 0.25) is 0 Å². The maximum Gasteiger partial charge on any atom is 0.173 e. The minimum atomic E-state index is -0.495. The van der Waals surface area contributed by atoms with Gasteiger partial charge in [0.15, 0.2) is 5.84 Å². The molecule has 0 saturated heterocycles. The van der Waals surface area contributed by atoms with Crippen LogP contribution in [0.2, 0.25) is 5.02 Å². The van der Waals surface area contributed by atoms with Gasteiger partial charge in [-0.2, -0.15) is 0 Å². The van der Waals surface area contributed by atoms with E-state index in [1.54, 1.807) is 12.1 Å². The summed E-state index contributed by atoms with van der Waals surface area (Å²) in [5, 5.41) is 12.2. The van der Waals surface area contributed by atoms with E-state index in [1.165, 1.54) is 12.1 Å². The summed E-state index contributed by atoms with van der Waals surface area (Å²) in [5.74, 6) is -0.377. The number of benzene rings is 2. The highest BCUT2D eigenvalue weighted by Gasteiger charge is 2.10. The van der Waals surface area contributed by atoms with Crippen molar-refractivity contribution in [1.29, 1.82) is 0 Å². The summed E-state index contributed by atoms with van der Waals surface area (Å²) in [4.78, 5) is 0. The number of hydrogen-bond donors (Lipinski definition) is 2. The molecule has 0 aromatic heterocycles. The van der Waals surface area contributed by atoms with Crippen molar-refractivity contribution in [3.05, 3.63) is 64.4 Å². The summed E-state index contributed by atoms with van der Waals surface area (Å²) in [6.45, 7) is 0.258. The fourth-order valence-electron chi connectivity index (χ4n) is 1.62. The number of amidine groups is 1. The Kier molecular flexibility index (Phi) is 4.42. The quantitative estimate of drug-likeness (QED) is 0.394. The van der Waals surface area contributed by atoms with E-state index in [1.807, 2.05) is 12.1 Å². The molecule has 6 heteroatoms. The van der Waals surface area contributed by atoms with Crippen molar-refractivity contribution < 1.29 is 14.3 Å². The molecule has 2 aromatic rings. The summed E-state index contributed by atoms with van der Waals surface area (Å²) in [5.41, 5.74) is 6.58. The summed E-state index contributed by atoms with van der Waals surface area (Å²) in [6.07, 6.45) is 0. The highest BCUT2D eigenvalue weighted by Crippen LogP contribution is 2.21. The van der Waals surface area contributed by atoms with Crippen LogP contribution >= 0.6 is 11.6 Å². The Morgan fingerprint density at radius 1 is 1.25 bits per heavy atom. The van der Waals surface area contributed by atoms with Gasteiger partial charge in [-0.1, -0.05) is 28.9 Å². The Bertz CT molecular complexity index is 630. The van der Waals surface area contributed by atoms with E-state index in [2.05, 4.69) is 5.16 Å². The molecule has 0 amide bonds. The van der Waals surface area contributed by atoms with Crippen molar-refractivity contribution in [3.63, 3.8) is 0 Å². The Morgan fingerprint density at radius 2 is 1.95 bits per heavy atom. The van der Waals surface area contributed by atoms with E-state index in [4.69, 9.17) is 27.3 Å².